The number of benzene rings is 2. The maximum atomic E-state index is 12.1. The van der Waals surface area contributed by atoms with Crippen molar-refractivity contribution in [2.24, 2.45) is 5.10 Å². The molecule has 0 radical (unpaired) electrons. The molecule has 10 heteroatoms. The first kappa shape index (κ1) is 16.7. The van der Waals surface area contributed by atoms with E-state index < -0.39 is 10.8 Å². The van der Waals surface area contributed by atoms with Gasteiger partial charge < -0.3 is 14.6 Å². The van der Waals surface area contributed by atoms with E-state index in [0.717, 1.165) is 18.3 Å². The van der Waals surface area contributed by atoms with Crippen LogP contribution in [0.3, 0.4) is 0 Å². The fourth-order valence-corrected chi connectivity index (χ4v) is 2.54. The van der Waals surface area contributed by atoms with Crippen molar-refractivity contribution in [2.45, 2.75) is 0 Å². The van der Waals surface area contributed by atoms with Gasteiger partial charge in [0.2, 0.25) is 6.79 Å². The molecule has 0 bridgehead atoms. The van der Waals surface area contributed by atoms with Crippen LogP contribution in [0.1, 0.15) is 15.9 Å². The molecule has 25 heavy (non-hydrogen) atoms. The van der Waals surface area contributed by atoms with Crippen molar-refractivity contribution < 1.29 is 24.3 Å². The Bertz CT molecular complexity index is 899. The van der Waals surface area contributed by atoms with Crippen molar-refractivity contribution in [3.05, 3.63) is 56.0 Å². The molecule has 2 N–H and O–H groups in total. The standard InChI is InChI=1S/C15H10BrN3O6/c16-11-5-10(19(22)23)3-9(14(11)20)6-17-18-15(21)8-1-2-12-13(4-8)25-7-24-12/h1-6,20H,7H2,(H,18,21)/b17-6-. The summed E-state index contributed by atoms with van der Waals surface area (Å²) in [7, 11) is 0. The molecule has 0 saturated carbocycles. The zero-order valence-electron chi connectivity index (χ0n) is 12.4. The first-order valence-electron chi connectivity index (χ1n) is 6.85. The van der Waals surface area contributed by atoms with Crippen LogP contribution < -0.4 is 14.9 Å². The number of non-ortho nitro benzene ring substituents is 1. The van der Waals surface area contributed by atoms with Gasteiger partial charge >= 0.3 is 0 Å². The number of nitrogens with zero attached hydrogens (tertiary/aromatic N) is 2. The lowest BCUT2D eigenvalue weighted by Gasteiger charge is -2.03. The molecular weight excluding hydrogens is 398 g/mol. The van der Waals surface area contributed by atoms with Crippen LogP contribution in [0.2, 0.25) is 0 Å². The van der Waals surface area contributed by atoms with Crippen molar-refractivity contribution >= 4 is 33.7 Å². The van der Waals surface area contributed by atoms with Gasteiger partial charge in [-0.15, -0.1) is 0 Å². The number of ether oxygens (including phenoxy) is 2. The largest absolute Gasteiger partial charge is 0.506 e. The molecule has 9 nitrogen and oxygen atoms in total. The highest BCUT2D eigenvalue weighted by Crippen LogP contribution is 2.33. The first-order chi connectivity index (χ1) is 12.0. The smallest absolute Gasteiger partial charge is 0.271 e. The Hall–Kier alpha value is -3.14. The second kappa shape index (κ2) is 6.77. The van der Waals surface area contributed by atoms with Gasteiger partial charge in [0, 0.05) is 23.3 Å². The van der Waals surface area contributed by atoms with Crippen LogP contribution in [-0.4, -0.2) is 28.9 Å². The molecule has 0 atom stereocenters. The molecule has 1 aliphatic rings. The summed E-state index contributed by atoms with van der Waals surface area (Å²) in [6.45, 7) is 0.0967. The third kappa shape index (κ3) is 3.53. The summed E-state index contributed by atoms with van der Waals surface area (Å²) in [6.07, 6.45) is 1.11. The maximum absolute atomic E-state index is 12.1. The zero-order chi connectivity index (χ0) is 18.0. The Morgan fingerprint density at radius 1 is 1.32 bits per heavy atom. The van der Waals surface area contributed by atoms with Crippen molar-refractivity contribution in [3.63, 3.8) is 0 Å². The molecule has 0 fully saturated rings. The predicted octanol–water partition coefficient (Wildman–Crippen LogP) is 2.56. The van der Waals surface area contributed by atoms with Crippen molar-refractivity contribution in [1.82, 2.24) is 5.43 Å². The van der Waals surface area contributed by atoms with Crippen LogP contribution >= 0.6 is 15.9 Å². The van der Waals surface area contributed by atoms with Gasteiger partial charge in [0.25, 0.3) is 11.6 Å². The number of hydrazone groups is 1. The number of hydrogen-bond donors (Lipinski definition) is 2. The van der Waals surface area contributed by atoms with E-state index in [2.05, 4.69) is 26.5 Å². The highest BCUT2D eigenvalue weighted by atomic mass is 79.9. The van der Waals surface area contributed by atoms with Crippen molar-refractivity contribution in [3.8, 4) is 17.2 Å². The lowest BCUT2D eigenvalue weighted by Crippen LogP contribution is -2.17. The van der Waals surface area contributed by atoms with E-state index in [9.17, 15) is 20.0 Å². The number of carbonyl (C=O) groups excluding carboxylic acids is 1. The number of nitro groups is 1. The Morgan fingerprint density at radius 2 is 2.08 bits per heavy atom. The minimum atomic E-state index is -0.604. The number of phenolic OH excluding ortho intramolecular Hbond substituents is 1. The van der Waals surface area contributed by atoms with Gasteiger partial charge in [-0.25, -0.2) is 5.43 Å². The molecule has 0 saturated heterocycles. The lowest BCUT2D eigenvalue weighted by atomic mass is 10.2. The van der Waals surface area contributed by atoms with Crippen LogP contribution in [0, 0.1) is 10.1 Å². The molecule has 2 aromatic rings. The monoisotopic (exact) mass is 407 g/mol. The molecule has 3 rings (SSSR count). The Kier molecular flexibility index (Phi) is 4.52. The van der Waals surface area contributed by atoms with E-state index in [0.29, 0.717) is 17.1 Å². The third-order valence-corrected chi connectivity index (χ3v) is 3.90. The average Bonchev–Trinajstić information content (AvgIpc) is 3.05. The fraction of sp³-hybridized carbons (Fsp3) is 0.0667. The molecule has 1 amide bonds. The third-order valence-electron chi connectivity index (χ3n) is 3.29. The molecule has 0 aromatic heterocycles. The molecule has 1 heterocycles. The average molecular weight is 408 g/mol. The summed E-state index contributed by atoms with van der Waals surface area (Å²) in [5.41, 5.74) is 2.42. The summed E-state index contributed by atoms with van der Waals surface area (Å²) in [5, 5.41) is 24.4. The summed E-state index contributed by atoms with van der Waals surface area (Å²) >= 11 is 3.02. The first-order valence-corrected chi connectivity index (χ1v) is 7.65. The quantitative estimate of drug-likeness (QED) is 0.455. The second-order valence-electron chi connectivity index (χ2n) is 4.89. The number of phenols is 1. The van der Waals surface area contributed by atoms with Crippen molar-refractivity contribution in [1.29, 1.82) is 0 Å². The van der Waals surface area contributed by atoms with Crippen LogP contribution in [0.4, 0.5) is 5.69 Å². The fourth-order valence-electron chi connectivity index (χ4n) is 2.07. The molecule has 0 spiro atoms. The van der Waals surface area contributed by atoms with E-state index in [1.807, 2.05) is 0 Å². The van der Waals surface area contributed by atoms with Crippen molar-refractivity contribution in [2.75, 3.05) is 6.79 Å². The van der Waals surface area contributed by atoms with Crippen LogP contribution in [0.15, 0.2) is 39.9 Å². The number of aromatic hydroxyl groups is 1. The van der Waals surface area contributed by atoms with Gasteiger partial charge in [-0.1, -0.05) is 0 Å². The summed E-state index contributed by atoms with van der Waals surface area (Å²) in [5.74, 6) is 0.258. The number of amides is 1. The molecule has 0 unspecified atom stereocenters. The number of rotatable bonds is 4. The van der Waals surface area contributed by atoms with Gasteiger partial charge in [-0.05, 0) is 34.1 Å². The number of halogens is 1. The summed E-state index contributed by atoms with van der Waals surface area (Å²) < 4.78 is 10.5. The highest BCUT2D eigenvalue weighted by molar-refractivity contribution is 9.10. The SMILES string of the molecule is O=C(N/N=C\c1cc([N+](=O)[O-])cc(Br)c1O)c1ccc2c(c1)OCO2. The van der Waals surface area contributed by atoms with Gasteiger partial charge in [0.05, 0.1) is 15.6 Å². The van der Waals surface area contributed by atoms with Crippen LogP contribution in [-0.2, 0) is 0 Å². The maximum Gasteiger partial charge on any atom is 0.271 e. The number of nitrogens with one attached hydrogen (secondary N) is 1. The second-order valence-corrected chi connectivity index (χ2v) is 5.74. The normalized spacial score (nSPS) is 12.4. The van der Waals surface area contributed by atoms with Gasteiger partial charge in [0.15, 0.2) is 11.5 Å². The molecule has 2 aromatic carbocycles. The predicted molar refractivity (Wildman–Crippen MR) is 90.1 cm³/mol. The minimum Gasteiger partial charge on any atom is -0.506 e. The Morgan fingerprint density at radius 3 is 2.84 bits per heavy atom. The van der Waals surface area contributed by atoms with E-state index in [1.54, 1.807) is 12.1 Å². The molecular formula is C15H10BrN3O6. The van der Waals surface area contributed by atoms with E-state index >= 15 is 0 Å². The lowest BCUT2D eigenvalue weighted by molar-refractivity contribution is -0.385. The summed E-state index contributed by atoms with van der Waals surface area (Å²) in [4.78, 5) is 22.3. The van der Waals surface area contributed by atoms with E-state index in [4.69, 9.17) is 9.47 Å². The summed E-state index contributed by atoms with van der Waals surface area (Å²) in [6, 6.07) is 6.95. The molecule has 0 aliphatic carbocycles. The van der Waals surface area contributed by atoms with Crippen LogP contribution in [0.5, 0.6) is 17.2 Å². The highest BCUT2D eigenvalue weighted by Gasteiger charge is 2.16. The number of hydrogen-bond acceptors (Lipinski definition) is 7. The van der Waals surface area contributed by atoms with Gasteiger partial charge in [0.1, 0.15) is 5.75 Å². The minimum absolute atomic E-state index is 0.0760. The van der Waals surface area contributed by atoms with Crippen LogP contribution in [0.25, 0.3) is 0 Å². The van der Waals surface area contributed by atoms with Gasteiger partial charge in [-0.2, -0.15) is 5.10 Å². The Labute approximate surface area is 149 Å². The number of fused-ring (bicyclic) bond motifs is 1. The molecule has 128 valence electrons. The number of nitro benzene ring substituents is 1. The zero-order valence-corrected chi connectivity index (χ0v) is 14.0. The van der Waals surface area contributed by atoms with Gasteiger partial charge in [-0.3, -0.25) is 14.9 Å². The Balaban J connectivity index is 1.75. The van der Waals surface area contributed by atoms with E-state index in [-0.39, 0.29) is 28.3 Å². The number of carbonyl (C=O) groups is 1. The van der Waals surface area contributed by atoms with E-state index in [1.165, 1.54) is 6.07 Å². The molecule has 1 aliphatic heterocycles. The topological polar surface area (TPSA) is 123 Å².